The molecule has 0 spiro atoms. The van der Waals surface area contributed by atoms with E-state index in [1.54, 1.807) is 19.1 Å². The van der Waals surface area contributed by atoms with Crippen molar-refractivity contribution in [2.75, 3.05) is 39.6 Å². The van der Waals surface area contributed by atoms with Crippen molar-refractivity contribution >= 4 is 43.2 Å². The van der Waals surface area contributed by atoms with Gasteiger partial charge in [-0.25, -0.2) is 21.1 Å². The molecule has 34 heavy (non-hydrogen) atoms. The molecule has 12 heteroatoms. The molecule has 0 atom stereocenters. The van der Waals surface area contributed by atoms with Crippen molar-refractivity contribution in [3.8, 4) is 5.75 Å². The molecular weight excluding hydrogens is 502 g/mol. The van der Waals surface area contributed by atoms with E-state index in [2.05, 4.69) is 5.32 Å². The van der Waals surface area contributed by atoms with Crippen molar-refractivity contribution in [3.05, 3.63) is 47.0 Å². The molecule has 2 aromatic carbocycles. The van der Waals surface area contributed by atoms with Crippen LogP contribution < -0.4 is 10.1 Å². The van der Waals surface area contributed by atoms with E-state index in [4.69, 9.17) is 16.3 Å². The lowest BCUT2D eigenvalue weighted by molar-refractivity contribution is -0.120. The smallest absolute Gasteiger partial charge is 0.246 e. The quantitative estimate of drug-likeness (QED) is 0.590. The third-order valence-corrected chi connectivity index (χ3v) is 9.78. The summed E-state index contributed by atoms with van der Waals surface area (Å²) in [6.07, 6.45) is 0.644. The molecule has 1 fully saturated rings. The summed E-state index contributed by atoms with van der Waals surface area (Å²) in [5.41, 5.74) is 1.13. The minimum Gasteiger partial charge on any atom is -0.495 e. The molecule has 3 rings (SSSR count). The van der Waals surface area contributed by atoms with Gasteiger partial charge in [0.25, 0.3) is 0 Å². The molecule has 0 bridgehead atoms. The summed E-state index contributed by atoms with van der Waals surface area (Å²) in [5, 5.41) is 3.10. The molecule has 0 aliphatic carbocycles. The number of benzene rings is 2. The van der Waals surface area contributed by atoms with E-state index in [1.165, 1.54) is 49.8 Å². The van der Waals surface area contributed by atoms with Gasteiger partial charge in [0.2, 0.25) is 26.0 Å². The highest BCUT2D eigenvalue weighted by Gasteiger charge is 2.34. The van der Waals surface area contributed by atoms with Crippen LogP contribution in [0.3, 0.4) is 0 Å². The lowest BCUT2D eigenvalue weighted by Crippen LogP contribution is -2.41. The van der Waals surface area contributed by atoms with Crippen molar-refractivity contribution in [3.63, 3.8) is 0 Å². The van der Waals surface area contributed by atoms with Crippen molar-refractivity contribution < 1.29 is 26.4 Å². The number of rotatable bonds is 7. The first kappa shape index (κ1) is 26.4. The van der Waals surface area contributed by atoms with Crippen molar-refractivity contribution in [2.24, 2.45) is 5.92 Å². The number of carbonyl (C=O) groups excluding carboxylic acids is 1. The highest BCUT2D eigenvalue weighted by atomic mass is 35.5. The van der Waals surface area contributed by atoms with Gasteiger partial charge < -0.3 is 10.1 Å². The van der Waals surface area contributed by atoms with Crippen LogP contribution in [0.5, 0.6) is 5.75 Å². The molecule has 9 nitrogen and oxygen atoms in total. The molecule has 2 aromatic rings. The van der Waals surface area contributed by atoms with Gasteiger partial charge in [0.15, 0.2) is 0 Å². The second-order valence-electron chi connectivity index (χ2n) is 8.23. The minimum absolute atomic E-state index is 0.0139. The van der Waals surface area contributed by atoms with Crippen LogP contribution in [0.25, 0.3) is 0 Å². The third-order valence-electron chi connectivity index (χ3n) is 5.81. The second kappa shape index (κ2) is 10.2. The van der Waals surface area contributed by atoms with Crippen LogP contribution in [0.2, 0.25) is 5.02 Å². The van der Waals surface area contributed by atoms with Crippen LogP contribution in [0.4, 0.5) is 5.69 Å². The number of sulfonamides is 2. The number of hydrogen-bond donors (Lipinski definition) is 1. The molecule has 1 heterocycles. The Balaban J connectivity index is 1.72. The number of anilines is 1. The lowest BCUT2D eigenvalue weighted by Gasteiger charge is -2.31. The third kappa shape index (κ3) is 5.38. The Morgan fingerprint density at radius 1 is 1.09 bits per heavy atom. The second-order valence-corrected chi connectivity index (χ2v) is 12.7. The van der Waals surface area contributed by atoms with E-state index < -0.39 is 26.0 Å². The fraction of sp³-hybridized carbons (Fsp3) is 0.409. The number of nitrogens with zero attached hydrogens (tertiary/aromatic N) is 2. The molecule has 1 amide bonds. The van der Waals surface area contributed by atoms with Crippen LogP contribution in [-0.2, 0) is 24.8 Å². The SMILES string of the molecule is COc1ccc(Cl)cc1S(=O)(=O)N1CCC(C(=O)Nc2cc(S(=O)(=O)N(C)C)ccc2C)CC1. The van der Waals surface area contributed by atoms with Gasteiger partial charge in [-0.15, -0.1) is 0 Å². The van der Waals surface area contributed by atoms with Gasteiger partial charge >= 0.3 is 0 Å². The average Bonchev–Trinajstić information content (AvgIpc) is 2.80. The minimum atomic E-state index is -3.85. The Morgan fingerprint density at radius 2 is 1.74 bits per heavy atom. The number of piperidine rings is 1. The first-order valence-corrected chi connectivity index (χ1v) is 13.8. The number of hydrogen-bond acceptors (Lipinski definition) is 6. The standard InChI is InChI=1S/C22H28ClN3O6S2/c1-15-5-7-18(33(28,29)25(2)3)14-19(15)24-22(27)16-9-11-26(12-10-16)34(30,31)21-13-17(23)6-8-20(21)32-4/h5-8,13-14,16H,9-12H2,1-4H3,(H,24,27). The Labute approximate surface area is 205 Å². The number of aryl methyl sites for hydroxylation is 1. The summed E-state index contributed by atoms with van der Waals surface area (Å²) in [6, 6.07) is 8.98. The maximum atomic E-state index is 13.1. The summed E-state index contributed by atoms with van der Waals surface area (Å²) in [5.74, 6) is -0.492. The van der Waals surface area contributed by atoms with Gasteiger partial charge in [-0.1, -0.05) is 17.7 Å². The Morgan fingerprint density at radius 3 is 2.32 bits per heavy atom. The van der Waals surface area contributed by atoms with Crippen LogP contribution in [0.15, 0.2) is 46.2 Å². The zero-order valence-corrected chi connectivity index (χ0v) is 21.8. The molecule has 0 saturated carbocycles. The monoisotopic (exact) mass is 529 g/mol. The molecular formula is C22H28ClN3O6S2. The molecule has 0 unspecified atom stereocenters. The Bertz CT molecular complexity index is 1290. The summed E-state index contributed by atoms with van der Waals surface area (Å²) in [4.78, 5) is 13.0. The highest BCUT2D eigenvalue weighted by molar-refractivity contribution is 7.89. The van der Waals surface area contributed by atoms with Crippen LogP contribution >= 0.6 is 11.6 Å². The molecule has 1 N–H and O–H groups in total. The van der Waals surface area contributed by atoms with Crippen LogP contribution in [0, 0.1) is 12.8 Å². The van der Waals surface area contributed by atoms with E-state index in [0.29, 0.717) is 18.5 Å². The van der Waals surface area contributed by atoms with Crippen molar-refractivity contribution in [1.29, 1.82) is 0 Å². The first-order chi connectivity index (χ1) is 15.9. The average molecular weight is 530 g/mol. The zero-order valence-electron chi connectivity index (χ0n) is 19.4. The topological polar surface area (TPSA) is 113 Å². The molecule has 0 aromatic heterocycles. The normalized spacial score (nSPS) is 15.9. The summed E-state index contributed by atoms with van der Waals surface area (Å²) in [6.45, 7) is 2.09. The largest absolute Gasteiger partial charge is 0.495 e. The van der Waals surface area contributed by atoms with E-state index >= 15 is 0 Å². The number of amides is 1. The lowest BCUT2D eigenvalue weighted by atomic mass is 9.97. The molecule has 186 valence electrons. The Hall–Kier alpha value is -2.18. The van der Waals surface area contributed by atoms with Crippen LogP contribution in [0.1, 0.15) is 18.4 Å². The fourth-order valence-corrected chi connectivity index (χ4v) is 6.51. The maximum Gasteiger partial charge on any atom is 0.246 e. The predicted molar refractivity (Wildman–Crippen MR) is 130 cm³/mol. The van der Waals surface area contributed by atoms with Gasteiger partial charge in [-0.3, -0.25) is 4.79 Å². The predicted octanol–water partition coefficient (Wildman–Crippen LogP) is 2.95. The molecule has 0 radical (unpaired) electrons. The summed E-state index contributed by atoms with van der Waals surface area (Å²) >= 11 is 6.00. The molecule has 1 aliphatic heterocycles. The highest BCUT2D eigenvalue weighted by Crippen LogP contribution is 2.32. The van der Waals surface area contributed by atoms with Gasteiger partial charge in [0.1, 0.15) is 10.6 Å². The molecule has 1 saturated heterocycles. The van der Waals surface area contributed by atoms with Crippen LogP contribution in [-0.4, -0.2) is 65.6 Å². The fourth-order valence-electron chi connectivity index (χ4n) is 3.69. The molecule has 1 aliphatic rings. The number of nitrogens with one attached hydrogen (secondary N) is 1. The maximum absolute atomic E-state index is 13.1. The van der Waals surface area contributed by atoms with Gasteiger partial charge in [-0.05, 0) is 55.7 Å². The first-order valence-electron chi connectivity index (χ1n) is 10.6. The number of methoxy groups -OCH3 is 1. The van der Waals surface area contributed by atoms with Gasteiger partial charge in [-0.2, -0.15) is 4.31 Å². The zero-order chi connectivity index (χ0) is 25.3. The number of ether oxygens (including phenoxy) is 1. The summed E-state index contributed by atoms with van der Waals surface area (Å²) in [7, 11) is -3.23. The van der Waals surface area contributed by atoms with Crippen molar-refractivity contribution in [2.45, 2.75) is 29.6 Å². The van der Waals surface area contributed by atoms with E-state index in [-0.39, 0.29) is 39.6 Å². The summed E-state index contributed by atoms with van der Waals surface area (Å²) < 4.78 is 58.8. The van der Waals surface area contributed by atoms with E-state index in [1.807, 2.05) is 0 Å². The van der Waals surface area contributed by atoms with E-state index in [0.717, 1.165) is 9.87 Å². The van der Waals surface area contributed by atoms with Gasteiger partial charge in [0.05, 0.1) is 12.0 Å². The number of halogens is 1. The van der Waals surface area contributed by atoms with E-state index in [9.17, 15) is 21.6 Å². The Kier molecular flexibility index (Phi) is 7.93. The number of carbonyl (C=O) groups is 1. The van der Waals surface area contributed by atoms with Crippen molar-refractivity contribution in [1.82, 2.24) is 8.61 Å². The van der Waals surface area contributed by atoms with Gasteiger partial charge in [0, 0.05) is 43.8 Å².